The summed E-state index contributed by atoms with van der Waals surface area (Å²) in [5.74, 6) is 4.93. The van der Waals surface area contributed by atoms with Crippen LogP contribution < -0.4 is 0 Å². The molecule has 0 saturated heterocycles. The maximum atomic E-state index is 10.9. The third-order valence-corrected chi connectivity index (χ3v) is 2.08. The van der Waals surface area contributed by atoms with Crippen molar-refractivity contribution in [1.82, 2.24) is 0 Å². The number of alkyl halides is 1. The molecule has 0 heterocycles. The highest BCUT2D eigenvalue weighted by molar-refractivity contribution is 6.31. The Labute approximate surface area is 97.8 Å². The minimum atomic E-state index is -1.03. The van der Waals surface area contributed by atoms with Gasteiger partial charge < -0.3 is 5.11 Å². The first kappa shape index (κ1) is 11.9. The zero-order valence-electron chi connectivity index (χ0n) is 7.76. The van der Waals surface area contributed by atoms with Gasteiger partial charge in [-0.05, 0) is 18.2 Å². The van der Waals surface area contributed by atoms with E-state index in [0.29, 0.717) is 22.9 Å². The first-order valence-electron chi connectivity index (χ1n) is 4.23. The van der Waals surface area contributed by atoms with Crippen LogP contribution in [0.25, 0.3) is 0 Å². The highest BCUT2D eigenvalue weighted by atomic mass is 35.5. The number of carboxylic acid groups (broad SMARTS) is 1. The fourth-order valence-corrected chi connectivity index (χ4v) is 1.27. The van der Waals surface area contributed by atoms with Crippen molar-refractivity contribution >= 4 is 29.2 Å². The van der Waals surface area contributed by atoms with Crippen molar-refractivity contribution in [2.75, 3.05) is 5.88 Å². The highest BCUT2D eigenvalue weighted by Crippen LogP contribution is 2.15. The summed E-state index contributed by atoms with van der Waals surface area (Å²) < 4.78 is 0. The second kappa shape index (κ2) is 5.65. The molecule has 4 heteroatoms. The Morgan fingerprint density at radius 2 is 2.20 bits per heavy atom. The second-order valence-corrected chi connectivity index (χ2v) is 3.55. The maximum Gasteiger partial charge on any atom is 0.337 e. The van der Waals surface area contributed by atoms with E-state index in [1.807, 2.05) is 0 Å². The summed E-state index contributed by atoms with van der Waals surface area (Å²) in [5.41, 5.74) is 0.571. The molecule has 1 aromatic rings. The summed E-state index contributed by atoms with van der Waals surface area (Å²) in [6.45, 7) is 0. The number of halogens is 2. The van der Waals surface area contributed by atoms with Gasteiger partial charge in [-0.2, -0.15) is 0 Å². The van der Waals surface area contributed by atoms with Crippen LogP contribution in [0.5, 0.6) is 0 Å². The van der Waals surface area contributed by atoms with Crippen LogP contribution >= 0.6 is 23.2 Å². The van der Waals surface area contributed by atoms with Crippen LogP contribution in [-0.4, -0.2) is 17.0 Å². The van der Waals surface area contributed by atoms with Gasteiger partial charge in [0.05, 0.1) is 5.56 Å². The number of benzene rings is 1. The van der Waals surface area contributed by atoms with E-state index in [-0.39, 0.29) is 5.56 Å². The van der Waals surface area contributed by atoms with Gasteiger partial charge in [0, 0.05) is 22.9 Å². The monoisotopic (exact) mass is 242 g/mol. The predicted octanol–water partition coefficient (Wildman–Crippen LogP) is 3.02. The molecule has 1 N–H and O–H groups in total. The van der Waals surface area contributed by atoms with Crippen LogP contribution in [0, 0.1) is 11.8 Å². The molecule has 0 bridgehead atoms. The molecule has 0 aliphatic carbocycles. The molecule has 78 valence electrons. The molecule has 2 nitrogen and oxygen atoms in total. The van der Waals surface area contributed by atoms with Crippen LogP contribution in [-0.2, 0) is 0 Å². The van der Waals surface area contributed by atoms with Gasteiger partial charge in [-0.15, -0.1) is 11.6 Å². The van der Waals surface area contributed by atoms with Gasteiger partial charge in [0.1, 0.15) is 0 Å². The molecular weight excluding hydrogens is 235 g/mol. The Kier molecular flexibility index (Phi) is 4.48. The molecule has 0 amide bonds. The lowest BCUT2D eigenvalue weighted by molar-refractivity contribution is 0.0696. The minimum Gasteiger partial charge on any atom is -0.478 e. The van der Waals surface area contributed by atoms with Crippen LogP contribution in [0.2, 0.25) is 5.02 Å². The topological polar surface area (TPSA) is 37.3 Å². The lowest BCUT2D eigenvalue weighted by atomic mass is 10.1. The van der Waals surface area contributed by atoms with E-state index >= 15 is 0 Å². The Morgan fingerprint density at radius 1 is 1.47 bits per heavy atom. The lowest BCUT2D eigenvalue weighted by Crippen LogP contribution is -1.99. The molecule has 0 unspecified atom stereocenters. The molecule has 0 radical (unpaired) electrons. The fraction of sp³-hybridized carbons (Fsp3) is 0.182. The van der Waals surface area contributed by atoms with E-state index in [9.17, 15) is 4.79 Å². The van der Waals surface area contributed by atoms with Gasteiger partial charge in [0.15, 0.2) is 0 Å². The molecule has 0 saturated carbocycles. The lowest BCUT2D eigenvalue weighted by Gasteiger charge is -1.99. The van der Waals surface area contributed by atoms with E-state index in [1.54, 1.807) is 12.1 Å². The van der Waals surface area contributed by atoms with Crippen LogP contribution in [0.1, 0.15) is 22.3 Å². The summed E-state index contributed by atoms with van der Waals surface area (Å²) >= 11 is 11.1. The van der Waals surface area contributed by atoms with E-state index in [2.05, 4.69) is 11.8 Å². The molecular formula is C11H8Cl2O2. The molecule has 0 aliphatic heterocycles. The molecule has 0 aromatic heterocycles. The number of hydrogen-bond acceptors (Lipinski definition) is 1. The zero-order chi connectivity index (χ0) is 11.3. The average Bonchev–Trinajstić information content (AvgIpc) is 2.20. The Balaban J connectivity index is 3.08. The van der Waals surface area contributed by atoms with Crippen LogP contribution in [0.4, 0.5) is 0 Å². The summed E-state index contributed by atoms with van der Waals surface area (Å²) in [7, 11) is 0. The fourth-order valence-electron chi connectivity index (χ4n) is 1.01. The van der Waals surface area contributed by atoms with Crippen molar-refractivity contribution in [2.45, 2.75) is 6.42 Å². The molecule has 0 aliphatic rings. The van der Waals surface area contributed by atoms with E-state index in [1.165, 1.54) is 6.07 Å². The first-order chi connectivity index (χ1) is 7.15. The first-order valence-corrected chi connectivity index (χ1v) is 5.14. The number of carbonyl (C=O) groups is 1. The molecule has 1 aromatic carbocycles. The third-order valence-electron chi connectivity index (χ3n) is 1.65. The quantitative estimate of drug-likeness (QED) is 0.640. The summed E-state index contributed by atoms with van der Waals surface area (Å²) in [4.78, 5) is 10.9. The Morgan fingerprint density at radius 3 is 2.80 bits per heavy atom. The van der Waals surface area contributed by atoms with Gasteiger partial charge in [-0.1, -0.05) is 23.4 Å². The smallest absolute Gasteiger partial charge is 0.337 e. The van der Waals surface area contributed by atoms with Gasteiger partial charge in [0.2, 0.25) is 0 Å². The molecule has 0 fully saturated rings. The predicted molar refractivity (Wildman–Crippen MR) is 60.6 cm³/mol. The van der Waals surface area contributed by atoms with Gasteiger partial charge in [-0.25, -0.2) is 4.79 Å². The second-order valence-electron chi connectivity index (χ2n) is 2.74. The van der Waals surface area contributed by atoms with Crippen LogP contribution in [0.15, 0.2) is 18.2 Å². The maximum absolute atomic E-state index is 10.9. The summed E-state index contributed by atoms with van der Waals surface area (Å²) in [5, 5.41) is 9.28. The van der Waals surface area contributed by atoms with Crippen molar-refractivity contribution < 1.29 is 9.90 Å². The standard InChI is InChI=1S/C11H8Cl2O2/c12-6-2-1-3-8-4-5-9(13)7-10(8)11(14)15/h4-5,7H,2,6H2,(H,14,15). The van der Waals surface area contributed by atoms with Crippen molar-refractivity contribution in [2.24, 2.45) is 0 Å². The van der Waals surface area contributed by atoms with Gasteiger partial charge >= 0.3 is 5.97 Å². The van der Waals surface area contributed by atoms with E-state index in [0.717, 1.165) is 0 Å². The minimum absolute atomic E-state index is 0.115. The SMILES string of the molecule is O=C(O)c1cc(Cl)ccc1C#CCCCl. The molecule has 15 heavy (non-hydrogen) atoms. The summed E-state index contributed by atoms with van der Waals surface area (Å²) in [6, 6.07) is 4.58. The van der Waals surface area contributed by atoms with E-state index in [4.69, 9.17) is 28.3 Å². The molecule has 0 spiro atoms. The number of hydrogen-bond donors (Lipinski definition) is 1. The largest absolute Gasteiger partial charge is 0.478 e. The number of carboxylic acids is 1. The number of aromatic carboxylic acids is 1. The third kappa shape index (κ3) is 3.47. The van der Waals surface area contributed by atoms with Crippen molar-refractivity contribution in [3.05, 3.63) is 34.3 Å². The number of rotatable bonds is 2. The Hall–Kier alpha value is -1.17. The highest BCUT2D eigenvalue weighted by Gasteiger charge is 2.08. The van der Waals surface area contributed by atoms with Gasteiger partial charge in [-0.3, -0.25) is 0 Å². The van der Waals surface area contributed by atoms with Crippen LogP contribution in [0.3, 0.4) is 0 Å². The summed E-state index contributed by atoms with van der Waals surface area (Å²) in [6.07, 6.45) is 0.531. The van der Waals surface area contributed by atoms with Gasteiger partial charge in [0.25, 0.3) is 0 Å². The normalized spacial score (nSPS) is 9.20. The Bertz CT molecular complexity index is 430. The average molecular weight is 243 g/mol. The molecule has 1 rings (SSSR count). The van der Waals surface area contributed by atoms with Crippen molar-refractivity contribution in [3.63, 3.8) is 0 Å². The van der Waals surface area contributed by atoms with Crippen molar-refractivity contribution in [3.8, 4) is 11.8 Å². The van der Waals surface area contributed by atoms with E-state index < -0.39 is 5.97 Å². The zero-order valence-corrected chi connectivity index (χ0v) is 9.27. The molecule has 0 atom stereocenters. The van der Waals surface area contributed by atoms with Crippen molar-refractivity contribution in [1.29, 1.82) is 0 Å².